The van der Waals surface area contributed by atoms with Gasteiger partial charge < -0.3 is 5.32 Å². The van der Waals surface area contributed by atoms with Crippen molar-refractivity contribution in [3.05, 3.63) is 34.6 Å². The van der Waals surface area contributed by atoms with Crippen LogP contribution in [0.1, 0.15) is 48.9 Å². The molecule has 0 radical (unpaired) electrons. The van der Waals surface area contributed by atoms with Crippen LogP contribution in [0.3, 0.4) is 0 Å². The lowest BCUT2D eigenvalue weighted by Crippen LogP contribution is -2.41. The molecule has 1 fully saturated rings. The van der Waals surface area contributed by atoms with Crippen molar-refractivity contribution in [2.24, 2.45) is 0 Å². The Bertz CT molecular complexity index is 590. The van der Waals surface area contributed by atoms with E-state index in [0.717, 1.165) is 29.5 Å². The van der Waals surface area contributed by atoms with E-state index in [1.165, 1.54) is 12.1 Å². The van der Waals surface area contributed by atoms with Gasteiger partial charge in [-0.25, -0.2) is 12.8 Å². The Kier molecular flexibility index (Phi) is 5.04. The molecule has 0 bridgehead atoms. The van der Waals surface area contributed by atoms with Gasteiger partial charge in [0.15, 0.2) is 9.84 Å². The molecule has 21 heavy (non-hydrogen) atoms. The van der Waals surface area contributed by atoms with Gasteiger partial charge in [-0.2, -0.15) is 0 Å². The fourth-order valence-electron chi connectivity index (χ4n) is 3.41. The van der Waals surface area contributed by atoms with E-state index in [0.29, 0.717) is 13.0 Å². The summed E-state index contributed by atoms with van der Waals surface area (Å²) < 4.78 is 38.4. The standard InChI is InChI=1S/C16H24FNO2S/c1-4-18-16(14-7-5-6-8-21(14,19)20)15-11(2)9-13(17)10-12(15)3/h9-10,14,16,18H,4-8H2,1-3H3. The van der Waals surface area contributed by atoms with Gasteiger partial charge in [0.1, 0.15) is 5.82 Å². The second-order valence-corrected chi connectivity index (χ2v) is 8.23. The van der Waals surface area contributed by atoms with Crippen LogP contribution in [0.25, 0.3) is 0 Å². The Morgan fingerprint density at radius 1 is 1.29 bits per heavy atom. The van der Waals surface area contributed by atoms with Gasteiger partial charge in [0.2, 0.25) is 0 Å². The van der Waals surface area contributed by atoms with Gasteiger partial charge in [-0.15, -0.1) is 0 Å². The van der Waals surface area contributed by atoms with Crippen LogP contribution < -0.4 is 5.32 Å². The summed E-state index contributed by atoms with van der Waals surface area (Å²) in [6, 6.07) is 2.73. The van der Waals surface area contributed by atoms with E-state index in [4.69, 9.17) is 0 Å². The lowest BCUT2D eigenvalue weighted by molar-refractivity contribution is 0.451. The minimum Gasteiger partial charge on any atom is -0.309 e. The summed E-state index contributed by atoms with van der Waals surface area (Å²) >= 11 is 0. The van der Waals surface area contributed by atoms with Crippen LogP contribution in [-0.4, -0.2) is 26.0 Å². The van der Waals surface area contributed by atoms with Crippen LogP contribution in [0.2, 0.25) is 0 Å². The van der Waals surface area contributed by atoms with E-state index in [1.54, 1.807) is 0 Å². The summed E-state index contributed by atoms with van der Waals surface area (Å²) in [7, 11) is -3.09. The number of rotatable bonds is 4. The van der Waals surface area contributed by atoms with Crippen LogP contribution in [0.15, 0.2) is 12.1 Å². The van der Waals surface area contributed by atoms with Crippen molar-refractivity contribution in [1.82, 2.24) is 5.32 Å². The van der Waals surface area contributed by atoms with Gasteiger partial charge >= 0.3 is 0 Å². The molecule has 1 heterocycles. The number of hydrogen-bond donors (Lipinski definition) is 1. The minimum absolute atomic E-state index is 0.249. The molecule has 1 saturated heterocycles. The molecule has 2 atom stereocenters. The van der Waals surface area contributed by atoms with Crippen molar-refractivity contribution in [2.45, 2.75) is 51.3 Å². The van der Waals surface area contributed by atoms with E-state index < -0.39 is 15.1 Å². The number of halogens is 1. The molecule has 0 aliphatic carbocycles. The fourth-order valence-corrected chi connectivity index (χ4v) is 5.49. The molecule has 1 aliphatic rings. The maximum Gasteiger partial charge on any atom is 0.155 e. The summed E-state index contributed by atoms with van der Waals surface area (Å²) in [5.74, 6) is -0.00531. The van der Waals surface area contributed by atoms with Crippen molar-refractivity contribution in [3.8, 4) is 0 Å². The molecule has 118 valence electrons. The quantitative estimate of drug-likeness (QED) is 0.929. The van der Waals surface area contributed by atoms with Crippen LogP contribution in [0, 0.1) is 19.7 Å². The molecule has 2 unspecified atom stereocenters. The molecule has 5 heteroatoms. The third-order valence-corrected chi connectivity index (χ3v) is 6.58. The SMILES string of the molecule is CCNC(c1c(C)cc(F)cc1C)C1CCCCS1(=O)=O. The summed E-state index contributed by atoms with van der Waals surface area (Å²) in [5.41, 5.74) is 2.58. The Morgan fingerprint density at radius 3 is 2.43 bits per heavy atom. The summed E-state index contributed by atoms with van der Waals surface area (Å²) in [4.78, 5) is 0. The highest BCUT2D eigenvalue weighted by atomic mass is 32.2. The molecule has 0 amide bonds. The van der Waals surface area contributed by atoms with Crippen molar-refractivity contribution in [3.63, 3.8) is 0 Å². The number of nitrogens with one attached hydrogen (secondary N) is 1. The predicted molar refractivity (Wildman–Crippen MR) is 83.7 cm³/mol. The van der Waals surface area contributed by atoms with Crippen molar-refractivity contribution in [1.29, 1.82) is 0 Å². The number of sulfone groups is 1. The molecule has 1 aromatic rings. The van der Waals surface area contributed by atoms with E-state index in [2.05, 4.69) is 5.32 Å². The fraction of sp³-hybridized carbons (Fsp3) is 0.625. The smallest absolute Gasteiger partial charge is 0.155 e. The molecule has 0 saturated carbocycles. The largest absolute Gasteiger partial charge is 0.309 e. The molecule has 1 N–H and O–H groups in total. The van der Waals surface area contributed by atoms with Crippen LogP contribution in [0.4, 0.5) is 4.39 Å². The molecular weight excluding hydrogens is 289 g/mol. The first-order valence-corrected chi connectivity index (χ1v) is 9.30. The molecule has 0 aromatic heterocycles. The lowest BCUT2D eigenvalue weighted by atomic mass is 9.91. The lowest BCUT2D eigenvalue weighted by Gasteiger charge is -2.32. The predicted octanol–water partition coefficient (Wildman–Crippen LogP) is 3.06. The van der Waals surface area contributed by atoms with Crippen molar-refractivity contribution >= 4 is 9.84 Å². The zero-order valence-corrected chi connectivity index (χ0v) is 13.8. The first-order chi connectivity index (χ1) is 9.86. The van der Waals surface area contributed by atoms with Crippen LogP contribution >= 0.6 is 0 Å². The zero-order valence-electron chi connectivity index (χ0n) is 12.9. The molecule has 3 nitrogen and oxygen atoms in total. The maximum absolute atomic E-state index is 13.5. The van der Waals surface area contributed by atoms with Gasteiger partial charge in [-0.05, 0) is 62.1 Å². The molecule has 1 aliphatic heterocycles. The Balaban J connectivity index is 2.49. The third kappa shape index (κ3) is 3.46. The van der Waals surface area contributed by atoms with Gasteiger partial charge in [0, 0.05) is 6.04 Å². The molecule has 1 aromatic carbocycles. The van der Waals surface area contributed by atoms with Gasteiger partial charge in [0.05, 0.1) is 11.0 Å². The van der Waals surface area contributed by atoms with Crippen molar-refractivity contribution < 1.29 is 12.8 Å². The average molecular weight is 313 g/mol. The highest BCUT2D eigenvalue weighted by Crippen LogP contribution is 2.34. The van der Waals surface area contributed by atoms with Gasteiger partial charge in [0.25, 0.3) is 0 Å². The number of hydrogen-bond acceptors (Lipinski definition) is 3. The first-order valence-electron chi connectivity index (χ1n) is 7.58. The monoisotopic (exact) mass is 313 g/mol. The van der Waals surface area contributed by atoms with Crippen molar-refractivity contribution in [2.75, 3.05) is 12.3 Å². The molecule has 0 spiro atoms. The number of benzene rings is 1. The highest BCUT2D eigenvalue weighted by Gasteiger charge is 2.37. The zero-order chi connectivity index (χ0) is 15.6. The average Bonchev–Trinajstić information content (AvgIpc) is 2.36. The Labute approximate surface area is 126 Å². The Morgan fingerprint density at radius 2 is 1.90 bits per heavy atom. The number of aryl methyl sites for hydroxylation is 2. The minimum atomic E-state index is -3.09. The summed E-state index contributed by atoms with van der Waals surface area (Å²) in [6.07, 6.45) is 2.36. The van der Waals surface area contributed by atoms with E-state index in [9.17, 15) is 12.8 Å². The second kappa shape index (κ2) is 6.44. The first kappa shape index (κ1) is 16.4. The Hall–Kier alpha value is -0.940. The second-order valence-electron chi connectivity index (χ2n) is 5.89. The van der Waals surface area contributed by atoms with E-state index in [1.807, 2.05) is 20.8 Å². The third-order valence-electron chi connectivity index (χ3n) is 4.29. The maximum atomic E-state index is 13.5. The van der Waals surface area contributed by atoms with Gasteiger partial charge in [-0.1, -0.05) is 13.3 Å². The van der Waals surface area contributed by atoms with E-state index in [-0.39, 0.29) is 17.6 Å². The molecule has 2 rings (SSSR count). The van der Waals surface area contributed by atoms with Crippen LogP contribution in [-0.2, 0) is 9.84 Å². The summed E-state index contributed by atoms with van der Waals surface area (Å²) in [6.45, 7) is 6.36. The molecular formula is C16H24FNO2S. The normalized spacial score (nSPS) is 23.0. The summed E-state index contributed by atoms with van der Waals surface area (Å²) in [5, 5.41) is 2.92. The van der Waals surface area contributed by atoms with Gasteiger partial charge in [-0.3, -0.25) is 0 Å². The van der Waals surface area contributed by atoms with E-state index >= 15 is 0 Å². The highest BCUT2D eigenvalue weighted by molar-refractivity contribution is 7.92. The van der Waals surface area contributed by atoms with Crippen LogP contribution in [0.5, 0.6) is 0 Å². The topological polar surface area (TPSA) is 46.2 Å².